The first-order chi connectivity index (χ1) is 10.2. The number of halogens is 1. The third-order valence-electron chi connectivity index (χ3n) is 3.76. The van der Waals surface area contributed by atoms with Gasteiger partial charge in [-0.25, -0.2) is 0 Å². The molecule has 1 atom stereocenters. The molecule has 5 heteroatoms. The largest absolute Gasteiger partial charge is 0.444 e. The van der Waals surface area contributed by atoms with E-state index in [-0.39, 0.29) is 5.91 Å². The molecule has 1 aromatic carbocycles. The molecule has 0 unspecified atom stereocenters. The fraction of sp³-hybridized carbons (Fsp3) is 0.312. The van der Waals surface area contributed by atoms with Crippen molar-refractivity contribution in [1.82, 2.24) is 5.32 Å². The second kappa shape index (κ2) is 6.35. The first-order valence-electron chi connectivity index (χ1n) is 7.09. The van der Waals surface area contributed by atoms with E-state index in [1.165, 1.54) is 5.69 Å². The molecule has 1 N–H and O–H groups in total. The maximum absolute atomic E-state index is 12.0. The van der Waals surface area contributed by atoms with Gasteiger partial charge < -0.3 is 14.6 Å². The van der Waals surface area contributed by atoms with Crippen molar-refractivity contribution in [3.8, 4) is 0 Å². The van der Waals surface area contributed by atoms with Crippen LogP contribution < -0.4 is 10.2 Å². The van der Waals surface area contributed by atoms with Crippen molar-refractivity contribution in [3.63, 3.8) is 0 Å². The van der Waals surface area contributed by atoms with Crippen LogP contribution in [0.5, 0.6) is 0 Å². The molecule has 1 aliphatic rings. The van der Waals surface area contributed by atoms with Crippen LogP contribution in [0.25, 0.3) is 0 Å². The molecule has 1 amide bonds. The molecule has 1 aromatic heterocycles. The summed E-state index contributed by atoms with van der Waals surface area (Å²) in [5.74, 6) is 0.173. The lowest BCUT2D eigenvalue weighted by Gasteiger charge is -2.26. The maximum Gasteiger partial charge on any atom is 0.287 e. The van der Waals surface area contributed by atoms with Gasteiger partial charge in [-0.05, 0) is 53.0 Å². The fourth-order valence-corrected chi connectivity index (χ4v) is 3.05. The van der Waals surface area contributed by atoms with Gasteiger partial charge in [0, 0.05) is 24.8 Å². The number of hydrogen-bond acceptors (Lipinski definition) is 3. The fourth-order valence-electron chi connectivity index (χ4n) is 2.74. The normalized spacial score (nSPS) is 18.0. The van der Waals surface area contributed by atoms with E-state index in [1.807, 2.05) is 18.2 Å². The van der Waals surface area contributed by atoms with Crippen molar-refractivity contribution >= 4 is 27.5 Å². The van der Waals surface area contributed by atoms with Gasteiger partial charge in [-0.15, -0.1) is 0 Å². The zero-order chi connectivity index (χ0) is 14.7. The van der Waals surface area contributed by atoms with Crippen molar-refractivity contribution in [1.29, 1.82) is 0 Å². The Hall–Kier alpha value is -1.75. The Bertz CT molecular complexity index is 612. The second-order valence-electron chi connectivity index (χ2n) is 5.14. The summed E-state index contributed by atoms with van der Waals surface area (Å²) in [5, 5.41) is 2.96. The first-order valence-corrected chi connectivity index (χ1v) is 7.88. The van der Waals surface area contributed by atoms with Crippen LogP contribution in [-0.2, 0) is 0 Å². The van der Waals surface area contributed by atoms with E-state index in [9.17, 15) is 4.79 Å². The summed E-state index contributed by atoms with van der Waals surface area (Å²) < 4.78 is 5.83. The number of rotatable bonds is 4. The zero-order valence-corrected chi connectivity index (χ0v) is 13.2. The van der Waals surface area contributed by atoms with Crippen molar-refractivity contribution in [3.05, 3.63) is 52.9 Å². The van der Waals surface area contributed by atoms with Crippen molar-refractivity contribution < 1.29 is 9.21 Å². The molecular weight excluding hydrogens is 332 g/mol. The van der Waals surface area contributed by atoms with Crippen LogP contribution in [0, 0.1) is 0 Å². The van der Waals surface area contributed by atoms with E-state index in [0.717, 1.165) is 19.4 Å². The number of para-hydroxylation sites is 1. The van der Waals surface area contributed by atoms with E-state index < -0.39 is 0 Å². The number of carbonyl (C=O) groups is 1. The average Bonchev–Trinajstić information content (AvgIpc) is 3.14. The van der Waals surface area contributed by atoms with E-state index in [4.69, 9.17) is 4.42 Å². The highest BCUT2D eigenvalue weighted by molar-refractivity contribution is 9.10. The Morgan fingerprint density at radius 2 is 2.10 bits per heavy atom. The lowest BCUT2D eigenvalue weighted by Crippen LogP contribution is -2.40. The monoisotopic (exact) mass is 348 g/mol. The van der Waals surface area contributed by atoms with Gasteiger partial charge in [0.2, 0.25) is 0 Å². The molecule has 0 aliphatic carbocycles. The lowest BCUT2D eigenvalue weighted by molar-refractivity contribution is 0.0922. The smallest absolute Gasteiger partial charge is 0.287 e. The molecule has 1 fully saturated rings. The number of carbonyl (C=O) groups excluding carboxylic acids is 1. The van der Waals surface area contributed by atoms with Crippen LogP contribution in [0.4, 0.5) is 5.69 Å². The second-order valence-corrected chi connectivity index (χ2v) is 5.92. The molecule has 0 saturated carbocycles. The molecule has 21 heavy (non-hydrogen) atoms. The number of anilines is 1. The predicted molar refractivity (Wildman–Crippen MR) is 85.6 cm³/mol. The molecular formula is C16H17BrN2O2. The Labute approximate surface area is 132 Å². The minimum absolute atomic E-state index is 0.166. The van der Waals surface area contributed by atoms with Crippen molar-refractivity contribution in [2.45, 2.75) is 18.9 Å². The van der Waals surface area contributed by atoms with Crippen LogP contribution in [0.2, 0.25) is 0 Å². The summed E-state index contributed by atoms with van der Waals surface area (Å²) in [6.07, 6.45) is 2.25. The molecule has 1 aliphatic heterocycles. The van der Waals surface area contributed by atoms with Gasteiger partial charge in [-0.2, -0.15) is 0 Å². The van der Waals surface area contributed by atoms with Crippen molar-refractivity contribution in [2.24, 2.45) is 0 Å². The zero-order valence-electron chi connectivity index (χ0n) is 11.6. The number of nitrogens with one attached hydrogen (secondary N) is 1. The summed E-state index contributed by atoms with van der Waals surface area (Å²) in [4.78, 5) is 14.4. The van der Waals surface area contributed by atoms with Crippen molar-refractivity contribution in [2.75, 3.05) is 18.0 Å². The molecule has 0 radical (unpaired) electrons. The van der Waals surface area contributed by atoms with E-state index in [0.29, 0.717) is 23.0 Å². The Morgan fingerprint density at radius 3 is 2.81 bits per heavy atom. The highest BCUT2D eigenvalue weighted by atomic mass is 79.9. The van der Waals surface area contributed by atoms with Crippen LogP contribution in [0.1, 0.15) is 23.4 Å². The van der Waals surface area contributed by atoms with Crippen LogP contribution in [-0.4, -0.2) is 25.0 Å². The van der Waals surface area contributed by atoms with E-state index in [1.54, 1.807) is 12.1 Å². The Morgan fingerprint density at radius 1 is 1.29 bits per heavy atom. The Kier molecular flexibility index (Phi) is 4.29. The van der Waals surface area contributed by atoms with Gasteiger partial charge >= 0.3 is 0 Å². The molecule has 3 rings (SSSR count). The minimum atomic E-state index is -0.166. The summed E-state index contributed by atoms with van der Waals surface area (Å²) in [6.45, 7) is 1.67. The number of benzene rings is 1. The molecule has 0 bridgehead atoms. The Balaban J connectivity index is 1.61. The van der Waals surface area contributed by atoms with Gasteiger partial charge in [0.05, 0.1) is 0 Å². The summed E-state index contributed by atoms with van der Waals surface area (Å²) in [7, 11) is 0. The highest BCUT2D eigenvalue weighted by Crippen LogP contribution is 2.24. The SMILES string of the molecule is O=C(NC[C@H]1CCCN1c1ccccc1)c1ccc(Br)o1. The van der Waals surface area contributed by atoms with Gasteiger partial charge in [-0.1, -0.05) is 18.2 Å². The quantitative estimate of drug-likeness (QED) is 0.920. The molecule has 1 saturated heterocycles. The summed E-state index contributed by atoms with van der Waals surface area (Å²) in [5.41, 5.74) is 1.22. The summed E-state index contributed by atoms with van der Waals surface area (Å²) >= 11 is 3.20. The molecule has 110 valence electrons. The molecule has 2 aromatic rings. The average molecular weight is 349 g/mol. The van der Waals surface area contributed by atoms with Crippen LogP contribution in [0.15, 0.2) is 51.6 Å². The number of furan rings is 1. The number of hydrogen-bond donors (Lipinski definition) is 1. The molecule has 4 nitrogen and oxygen atoms in total. The van der Waals surface area contributed by atoms with E-state index >= 15 is 0 Å². The number of nitrogens with zero attached hydrogens (tertiary/aromatic N) is 1. The molecule has 0 spiro atoms. The maximum atomic E-state index is 12.0. The van der Waals surface area contributed by atoms with Gasteiger partial charge in [0.1, 0.15) is 0 Å². The van der Waals surface area contributed by atoms with Gasteiger partial charge in [0.15, 0.2) is 10.4 Å². The standard InChI is InChI=1S/C16H17BrN2O2/c17-15-9-8-14(21-15)16(20)18-11-13-7-4-10-19(13)12-5-2-1-3-6-12/h1-3,5-6,8-9,13H,4,7,10-11H2,(H,18,20)/t13-/m1/s1. The van der Waals surface area contributed by atoms with E-state index in [2.05, 4.69) is 38.3 Å². The molecule has 2 heterocycles. The van der Waals surface area contributed by atoms with Gasteiger partial charge in [-0.3, -0.25) is 4.79 Å². The van der Waals surface area contributed by atoms with Gasteiger partial charge in [0.25, 0.3) is 5.91 Å². The topological polar surface area (TPSA) is 45.5 Å². The van der Waals surface area contributed by atoms with Crippen LogP contribution >= 0.6 is 15.9 Å². The first kappa shape index (κ1) is 14.2. The third-order valence-corrected chi connectivity index (χ3v) is 4.19. The minimum Gasteiger partial charge on any atom is -0.444 e. The van der Waals surface area contributed by atoms with Crippen LogP contribution in [0.3, 0.4) is 0 Å². The summed E-state index contributed by atoms with van der Waals surface area (Å²) in [6, 6.07) is 14.1. The lowest BCUT2D eigenvalue weighted by atomic mass is 10.2. The highest BCUT2D eigenvalue weighted by Gasteiger charge is 2.25. The number of amides is 1. The third kappa shape index (κ3) is 3.29. The predicted octanol–water partition coefficient (Wildman–Crippen LogP) is 3.44.